The van der Waals surface area contributed by atoms with Crippen molar-refractivity contribution >= 4 is 10.0 Å². The molecule has 0 heterocycles. The van der Waals surface area contributed by atoms with Gasteiger partial charge in [-0.15, -0.1) is 0 Å². The maximum absolute atomic E-state index is 12.7. The normalized spacial score (nSPS) is 23.5. The van der Waals surface area contributed by atoms with Crippen LogP contribution >= 0.6 is 0 Å². The van der Waals surface area contributed by atoms with Crippen LogP contribution in [0.3, 0.4) is 0 Å². The summed E-state index contributed by atoms with van der Waals surface area (Å²) in [6.07, 6.45) is 4.02. The molecule has 0 saturated heterocycles. The lowest BCUT2D eigenvalue weighted by Gasteiger charge is -2.33. The number of benzene rings is 1. The average Bonchev–Trinajstić information content (AvgIpc) is 2.47. The van der Waals surface area contributed by atoms with Gasteiger partial charge in [0.05, 0.1) is 11.5 Å². The largest absolute Gasteiger partial charge is 0.392 e. The first-order valence-electron chi connectivity index (χ1n) is 7.54. The summed E-state index contributed by atoms with van der Waals surface area (Å²) in [5.74, 6) is 0.692. The third-order valence-corrected chi connectivity index (χ3v) is 6.57. The molecule has 0 aliphatic heterocycles. The summed E-state index contributed by atoms with van der Waals surface area (Å²) in [7, 11) is -1.81. The van der Waals surface area contributed by atoms with Gasteiger partial charge in [-0.1, -0.05) is 13.0 Å². The number of hydrogen-bond donors (Lipinski definition) is 1. The van der Waals surface area contributed by atoms with E-state index in [1.807, 2.05) is 6.92 Å². The standard InChI is InChI=1S/C16H25NO3S/c1-12-4-7-15(8-5-12)17(3)21(19,20)16-9-6-13(2)14(10-16)11-18/h6,9-10,12,15,18H,4-5,7-8,11H2,1-3H3. The van der Waals surface area contributed by atoms with Crippen LogP contribution in [0.25, 0.3) is 0 Å². The zero-order valence-electron chi connectivity index (χ0n) is 13.0. The van der Waals surface area contributed by atoms with Gasteiger partial charge in [0.1, 0.15) is 0 Å². The molecular formula is C16H25NO3S. The van der Waals surface area contributed by atoms with E-state index in [0.29, 0.717) is 11.5 Å². The average molecular weight is 311 g/mol. The van der Waals surface area contributed by atoms with E-state index in [4.69, 9.17) is 0 Å². The summed E-state index contributed by atoms with van der Waals surface area (Å²) in [4.78, 5) is 0.276. The second-order valence-electron chi connectivity index (χ2n) is 6.18. The fourth-order valence-corrected chi connectivity index (χ4v) is 4.41. The van der Waals surface area contributed by atoms with Crippen molar-refractivity contribution in [2.75, 3.05) is 7.05 Å². The highest BCUT2D eigenvalue weighted by Crippen LogP contribution is 2.30. The van der Waals surface area contributed by atoms with Gasteiger partial charge in [-0.05, 0) is 61.8 Å². The van der Waals surface area contributed by atoms with Crippen molar-refractivity contribution in [3.63, 3.8) is 0 Å². The molecule has 0 radical (unpaired) electrons. The van der Waals surface area contributed by atoms with Crippen molar-refractivity contribution in [1.82, 2.24) is 4.31 Å². The van der Waals surface area contributed by atoms with E-state index in [2.05, 4.69) is 6.92 Å². The number of hydrogen-bond acceptors (Lipinski definition) is 3. The Kier molecular flexibility index (Phi) is 5.07. The fourth-order valence-electron chi connectivity index (χ4n) is 2.95. The Labute approximate surface area is 127 Å². The molecule has 1 aromatic rings. The van der Waals surface area contributed by atoms with E-state index in [9.17, 15) is 13.5 Å². The van der Waals surface area contributed by atoms with Crippen molar-refractivity contribution < 1.29 is 13.5 Å². The molecule has 1 aromatic carbocycles. The summed E-state index contributed by atoms with van der Waals surface area (Å²) in [5.41, 5.74) is 1.58. The second-order valence-corrected chi connectivity index (χ2v) is 8.18. The Bertz CT molecular complexity index is 590. The number of rotatable bonds is 4. The molecule has 0 atom stereocenters. The van der Waals surface area contributed by atoms with Gasteiger partial charge in [-0.25, -0.2) is 8.42 Å². The van der Waals surface area contributed by atoms with Gasteiger partial charge in [-0.2, -0.15) is 4.31 Å². The van der Waals surface area contributed by atoms with Gasteiger partial charge in [0.15, 0.2) is 0 Å². The van der Waals surface area contributed by atoms with Crippen LogP contribution in [0.15, 0.2) is 23.1 Å². The monoisotopic (exact) mass is 311 g/mol. The fraction of sp³-hybridized carbons (Fsp3) is 0.625. The second kappa shape index (κ2) is 6.46. The first kappa shape index (κ1) is 16.5. The first-order valence-corrected chi connectivity index (χ1v) is 8.98. The van der Waals surface area contributed by atoms with Gasteiger partial charge in [0.2, 0.25) is 10.0 Å². The van der Waals surface area contributed by atoms with Crippen molar-refractivity contribution in [1.29, 1.82) is 0 Å². The van der Waals surface area contributed by atoms with Crippen LogP contribution in [0.1, 0.15) is 43.7 Å². The summed E-state index contributed by atoms with van der Waals surface area (Å²) in [6, 6.07) is 5.07. The topological polar surface area (TPSA) is 57.6 Å². The van der Waals surface area contributed by atoms with E-state index in [-0.39, 0.29) is 17.5 Å². The van der Waals surface area contributed by atoms with Gasteiger partial charge < -0.3 is 5.11 Å². The molecule has 1 N–H and O–H groups in total. The predicted molar refractivity (Wildman–Crippen MR) is 83.5 cm³/mol. The molecule has 4 nitrogen and oxygen atoms in total. The Balaban J connectivity index is 2.24. The van der Waals surface area contributed by atoms with Gasteiger partial charge in [0, 0.05) is 13.1 Å². The van der Waals surface area contributed by atoms with Crippen molar-refractivity contribution in [3.05, 3.63) is 29.3 Å². The minimum atomic E-state index is -3.48. The lowest BCUT2D eigenvalue weighted by atomic mass is 9.87. The van der Waals surface area contributed by atoms with Crippen LogP contribution < -0.4 is 0 Å². The lowest BCUT2D eigenvalue weighted by Crippen LogP contribution is -2.39. The molecule has 21 heavy (non-hydrogen) atoms. The quantitative estimate of drug-likeness (QED) is 0.930. The molecule has 0 unspecified atom stereocenters. The van der Waals surface area contributed by atoms with Gasteiger partial charge in [-0.3, -0.25) is 0 Å². The highest BCUT2D eigenvalue weighted by atomic mass is 32.2. The Hall–Kier alpha value is -0.910. The highest BCUT2D eigenvalue weighted by Gasteiger charge is 2.30. The summed E-state index contributed by atoms with van der Waals surface area (Å²) in [6.45, 7) is 3.95. The summed E-state index contributed by atoms with van der Waals surface area (Å²) in [5, 5.41) is 9.32. The molecule has 118 valence electrons. The Morgan fingerprint density at radius 3 is 2.43 bits per heavy atom. The Morgan fingerprint density at radius 1 is 1.24 bits per heavy atom. The van der Waals surface area contributed by atoms with Crippen LogP contribution in [0.5, 0.6) is 0 Å². The molecule has 1 aliphatic rings. The van der Waals surface area contributed by atoms with E-state index in [0.717, 1.165) is 31.2 Å². The van der Waals surface area contributed by atoms with Gasteiger partial charge >= 0.3 is 0 Å². The van der Waals surface area contributed by atoms with Crippen molar-refractivity contribution in [3.8, 4) is 0 Å². The van der Waals surface area contributed by atoms with Crippen molar-refractivity contribution in [2.45, 2.75) is 57.1 Å². The van der Waals surface area contributed by atoms with Gasteiger partial charge in [0.25, 0.3) is 0 Å². The molecule has 1 saturated carbocycles. The van der Waals surface area contributed by atoms with E-state index >= 15 is 0 Å². The molecular weight excluding hydrogens is 286 g/mol. The molecule has 0 aromatic heterocycles. The minimum absolute atomic E-state index is 0.0880. The van der Waals surface area contributed by atoms with E-state index in [1.54, 1.807) is 25.2 Å². The number of aliphatic hydroxyl groups excluding tert-OH is 1. The van der Waals surface area contributed by atoms with Crippen LogP contribution in [-0.4, -0.2) is 30.9 Å². The highest BCUT2D eigenvalue weighted by molar-refractivity contribution is 7.89. The molecule has 0 amide bonds. The maximum atomic E-state index is 12.7. The SMILES string of the molecule is Cc1ccc(S(=O)(=O)N(C)C2CCC(C)CC2)cc1CO. The molecule has 5 heteroatoms. The Morgan fingerprint density at radius 2 is 1.86 bits per heavy atom. The predicted octanol–water partition coefficient (Wildman–Crippen LogP) is 2.69. The molecule has 0 bridgehead atoms. The summed E-state index contributed by atoms with van der Waals surface area (Å²) >= 11 is 0. The molecule has 1 fully saturated rings. The van der Waals surface area contributed by atoms with Crippen LogP contribution in [-0.2, 0) is 16.6 Å². The third kappa shape index (κ3) is 3.47. The zero-order chi connectivity index (χ0) is 15.6. The van der Waals surface area contributed by atoms with Crippen LogP contribution in [0.4, 0.5) is 0 Å². The first-order chi connectivity index (χ1) is 9.86. The zero-order valence-corrected chi connectivity index (χ0v) is 13.9. The number of sulfonamides is 1. The third-order valence-electron chi connectivity index (χ3n) is 4.67. The van der Waals surface area contributed by atoms with E-state index in [1.165, 1.54) is 4.31 Å². The molecule has 1 aliphatic carbocycles. The molecule has 0 spiro atoms. The van der Waals surface area contributed by atoms with Crippen molar-refractivity contribution in [2.24, 2.45) is 5.92 Å². The number of nitrogens with zero attached hydrogens (tertiary/aromatic N) is 1. The van der Waals surface area contributed by atoms with Crippen LogP contribution in [0.2, 0.25) is 0 Å². The maximum Gasteiger partial charge on any atom is 0.243 e. The van der Waals surface area contributed by atoms with Crippen LogP contribution in [0, 0.1) is 12.8 Å². The summed E-state index contributed by atoms with van der Waals surface area (Å²) < 4.78 is 27.0. The lowest BCUT2D eigenvalue weighted by molar-refractivity contribution is 0.246. The number of aliphatic hydroxyl groups is 1. The smallest absolute Gasteiger partial charge is 0.243 e. The van der Waals surface area contributed by atoms with E-state index < -0.39 is 10.0 Å². The minimum Gasteiger partial charge on any atom is -0.392 e. The number of aryl methyl sites for hydroxylation is 1. The molecule has 2 rings (SSSR count).